The van der Waals surface area contributed by atoms with Crippen molar-refractivity contribution >= 4 is 46.6 Å². The van der Waals surface area contributed by atoms with Gasteiger partial charge in [-0.3, -0.25) is 19.7 Å². The summed E-state index contributed by atoms with van der Waals surface area (Å²) in [7, 11) is 0. The Labute approximate surface area is 169 Å². The van der Waals surface area contributed by atoms with Gasteiger partial charge < -0.3 is 10.6 Å². The van der Waals surface area contributed by atoms with E-state index in [4.69, 9.17) is 11.6 Å². The van der Waals surface area contributed by atoms with Gasteiger partial charge in [-0.1, -0.05) is 11.6 Å². The van der Waals surface area contributed by atoms with Crippen molar-refractivity contribution in [3.05, 3.63) is 69.0 Å². The second-order valence-corrected chi connectivity index (χ2v) is 7.12. The predicted octanol–water partition coefficient (Wildman–Crippen LogP) is 3.88. The van der Waals surface area contributed by atoms with Crippen LogP contribution < -0.4 is 10.6 Å². The number of carbonyl (C=O) groups is 2. The molecule has 7 nitrogen and oxygen atoms in total. The lowest BCUT2D eigenvalue weighted by Gasteiger charge is -2.18. The highest BCUT2D eigenvalue weighted by Crippen LogP contribution is 2.25. The van der Waals surface area contributed by atoms with Gasteiger partial charge >= 0.3 is 0 Å². The lowest BCUT2D eigenvalue weighted by atomic mass is 10.1. The molecular formula is C18H17ClFN3O4S. The summed E-state index contributed by atoms with van der Waals surface area (Å²) < 4.78 is 13.0. The van der Waals surface area contributed by atoms with Crippen LogP contribution >= 0.6 is 23.4 Å². The predicted molar refractivity (Wildman–Crippen MR) is 107 cm³/mol. The van der Waals surface area contributed by atoms with Gasteiger partial charge in [-0.2, -0.15) is 11.8 Å². The third-order valence-electron chi connectivity index (χ3n) is 3.75. The molecule has 0 aliphatic carbocycles. The van der Waals surface area contributed by atoms with Gasteiger partial charge in [0.1, 0.15) is 16.9 Å². The smallest absolute Gasteiger partial charge is 0.288 e. The number of nitro benzene ring substituents is 1. The third-order valence-corrected chi connectivity index (χ3v) is 4.71. The molecule has 2 amide bonds. The van der Waals surface area contributed by atoms with Gasteiger partial charge in [0.05, 0.1) is 4.92 Å². The van der Waals surface area contributed by atoms with Crippen molar-refractivity contribution in [1.82, 2.24) is 5.32 Å². The van der Waals surface area contributed by atoms with Crippen molar-refractivity contribution in [2.75, 3.05) is 17.3 Å². The van der Waals surface area contributed by atoms with Crippen molar-refractivity contribution < 1.29 is 18.9 Å². The molecule has 2 N–H and O–H groups in total. The number of amides is 2. The SMILES string of the molecule is CSCCC(NC(=O)c1ccc(Cl)c([N+](=O)[O-])c1)C(=O)Nc1ccc(F)cc1. The number of hydrogen-bond acceptors (Lipinski definition) is 5. The number of anilines is 1. The molecule has 1 unspecified atom stereocenters. The molecule has 0 saturated heterocycles. The van der Waals surface area contributed by atoms with Crippen molar-refractivity contribution in [3.63, 3.8) is 0 Å². The maximum atomic E-state index is 13.0. The second-order valence-electron chi connectivity index (χ2n) is 5.73. The third kappa shape index (κ3) is 5.93. The van der Waals surface area contributed by atoms with Crippen LogP contribution in [0.4, 0.5) is 15.8 Å². The zero-order valence-electron chi connectivity index (χ0n) is 14.8. The number of nitrogens with one attached hydrogen (secondary N) is 2. The molecule has 0 heterocycles. The molecule has 28 heavy (non-hydrogen) atoms. The van der Waals surface area contributed by atoms with E-state index in [1.54, 1.807) is 0 Å². The minimum Gasteiger partial charge on any atom is -0.340 e. The minimum atomic E-state index is -0.875. The first kappa shape index (κ1) is 21.6. The molecule has 0 bridgehead atoms. The summed E-state index contributed by atoms with van der Waals surface area (Å²) >= 11 is 7.25. The highest BCUT2D eigenvalue weighted by Gasteiger charge is 2.23. The Morgan fingerprint density at radius 1 is 1.25 bits per heavy atom. The van der Waals surface area contributed by atoms with Crippen molar-refractivity contribution in [2.45, 2.75) is 12.5 Å². The molecule has 0 aliphatic rings. The maximum absolute atomic E-state index is 13.0. The van der Waals surface area contributed by atoms with E-state index in [1.165, 1.54) is 48.2 Å². The first-order valence-corrected chi connectivity index (χ1v) is 9.89. The van der Waals surface area contributed by atoms with Gasteiger partial charge in [0.15, 0.2) is 0 Å². The Hall–Kier alpha value is -2.65. The van der Waals surface area contributed by atoms with Crippen LogP contribution in [0.2, 0.25) is 5.02 Å². The van der Waals surface area contributed by atoms with Crippen LogP contribution in [0.15, 0.2) is 42.5 Å². The van der Waals surface area contributed by atoms with Crippen molar-refractivity contribution in [1.29, 1.82) is 0 Å². The summed E-state index contributed by atoms with van der Waals surface area (Å²) in [4.78, 5) is 35.3. The molecule has 0 aliphatic heterocycles. The summed E-state index contributed by atoms with van der Waals surface area (Å²) in [5.74, 6) is -0.949. The van der Waals surface area contributed by atoms with E-state index in [2.05, 4.69) is 10.6 Å². The van der Waals surface area contributed by atoms with Crippen LogP contribution in [0.3, 0.4) is 0 Å². The molecule has 0 radical (unpaired) electrons. The average molecular weight is 426 g/mol. The van der Waals surface area contributed by atoms with Gasteiger partial charge in [0.2, 0.25) is 5.91 Å². The Bertz CT molecular complexity index is 880. The summed E-state index contributed by atoms with van der Waals surface area (Å²) in [6.45, 7) is 0. The van der Waals surface area contributed by atoms with Crippen LogP contribution in [0.25, 0.3) is 0 Å². The largest absolute Gasteiger partial charge is 0.340 e. The fraction of sp³-hybridized carbons (Fsp3) is 0.222. The molecule has 2 aromatic carbocycles. The molecule has 2 rings (SSSR count). The van der Waals surface area contributed by atoms with Crippen molar-refractivity contribution in [2.24, 2.45) is 0 Å². The summed E-state index contributed by atoms with van der Waals surface area (Å²) in [6.07, 6.45) is 2.20. The Morgan fingerprint density at radius 2 is 1.93 bits per heavy atom. The lowest BCUT2D eigenvalue weighted by Crippen LogP contribution is -2.44. The quantitative estimate of drug-likeness (QED) is 0.493. The van der Waals surface area contributed by atoms with Crippen LogP contribution in [-0.4, -0.2) is 34.8 Å². The van der Waals surface area contributed by atoms with Crippen LogP contribution in [0.5, 0.6) is 0 Å². The zero-order valence-corrected chi connectivity index (χ0v) is 16.3. The Balaban J connectivity index is 2.15. The average Bonchev–Trinajstić information content (AvgIpc) is 2.66. The summed E-state index contributed by atoms with van der Waals surface area (Å²) in [5.41, 5.74) is 0.00232. The highest BCUT2D eigenvalue weighted by atomic mass is 35.5. The summed E-state index contributed by atoms with van der Waals surface area (Å²) in [5, 5.41) is 16.1. The number of halogens is 2. The fourth-order valence-electron chi connectivity index (χ4n) is 2.30. The van der Waals surface area contributed by atoms with Gasteiger partial charge in [-0.15, -0.1) is 0 Å². The number of hydrogen-bond donors (Lipinski definition) is 2. The van der Waals surface area contributed by atoms with E-state index in [1.807, 2.05) is 6.26 Å². The first-order chi connectivity index (χ1) is 13.3. The van der Waals surface area contributed by atoms with E-state index < -0.39 is 34.3 Å². The Morgan fingerprint density at radius 3 is 2.54 bits per heavy atom. The standard InChI is InChI=1S/C18H17ClFN3O4S/c1-28-9-8-15(18(25)21-13-5-3-12(20)4-6-13)22-17(24)11-2-7-14(19)16(10-11)23(26)27/h2-7,10,15H,8-9H2,1H3,(H,21,25)(H,22,24). The lowest BCUT2D eigenvalue weighted by molar-refractivity contribution is -0.384. The number of rotatable bonds is 8. The molecule has 0 saturated carbocycles. The highest BCUT2D eigenvalue weighted by molar-refractivity contribution is 7.98. The van der Waals surface area contributed by atoms with E-state index in [-0.39, 0.29) is 10.6 Å². The molecule has 2 aromatic rings. The topological polar surface area (TPSA) is 101 Å². The molecular weight excluding hydrogens is 409 g/mol. The van der Waals surface area contributed by atoms with E-state index in [0.29, 0.717) is 17.9 Å². The molecule has 0 aromatic heterocycles. The minimum absolute atomic E-state index is 0.0137. The van der Waals surface area contributed by atoms with E-state index in [0.717, 1.165) is 6.07 Å². The number of benzene rings is 2. The first-order valence-electron chi connectivity index (χ1n) is 8.12. The molecule has 10 heteroatoms. The monoisotopic (exact) mass is 425 g/mol. The maximum Gasteiger partial charge on any atom is 0.288 e. The fourth-order valence-corrected chi connectivity index (χ4v) is 2.96. The molecule has 1 atom stereocenters. The zero-order chi connectivity index (χ0) is 20.7. The van der Waals surface area contributed by atoms with E-state index in [9.17, 15) is 24.1 Å². The van der Waals surface area contributed by atoms with Crippen molar-refractivity contribution in [3.8, 4) is 0 Å². The Kier molecular flexibility index (Phi) is 7.77. The molecule has 148 valence electrons. The molecule has 0 fully saturated rings. The number of nitro groups is 1. The van der Waals surface area contributed by atoms with Gasteiger partial charge in [-0.05, 0) is 54.8 Å². The van der Waals surface area contributed by atoms with Crippen LogP contribution in [0.1, 0.15) is 16.8 Å². The second kappa shape index (κ2) is 10.0. The number of carbonyl (C=O) groups excluding carboxylic acids is 2. The summed E-state index contributed by atoms with van der Waals surface area (Å²) in [6, 6.07) is 8.00. The normalized spacial score (nSPS) is 11.5. The van der Waals surface area contributed by atoms with Gasteiger partial charge in [0.25, 0.3) is 11.6 Å². The van der Waals surface area contributed by atoms with Gasteiger partial charge in [0, 0.05) is 17.3 Å². The van der Waals surface area contributed by atoms with Crippen LogP contribution in [0, 0.1) is 15.9 Å². The molecule has 0 spiro atoms. The van der Waals surface area contributed by atoms with Crippen LogP contribution in [-0.2, 0) is 4.79 Å². The number of thioether (sulfide) groups is 1. The number of nitrogens with zero attached hydrogens (tertiary/aromatic N) is 1. The van der Waals surface area contributed by atoms with E-state index >= 15 is 0 Å². The van der Waals surface area contributed by atoms with Gasteiger partial charge in [-0.25, -0.2) is 4.39 Å².